The molecule has 118 valence electrons. The predicted octanol–water partition coefficient (Wildman–Crippen LogP) is 4.00. The molecule has 0 atom stereocenters. The van der Waals surface area contributed by atoms with E-state index in [1.54, 1.807) is 24.9 Å². The van der Waals surface area contributed by atoms with Gasteiger partial charge in [0, 0.05) is 19.2 Å². The van der Waals surface area contributed by atoms with E-state index < -0.39 is 0 Å². The van der Waals surface area contributed by atoms with E-state index in [1.807, 2.05) is 31.2 Å². The molecule has 2 aromatic rings. The molecular formula is C17H20ClNO3. The van der Waals surface area contributed by atoms with Gasteiger partial charge in [0.2, 0.25) is 0 Å². The maximum absolute atomic E-state index is 12.4. The molecule has 0 bridgehead atoms. The van der Waals surface area contributed by atoms with Gasteiger partial charge >= 0.3 is 0 Å². The Kier molecular flexibility index (Phi) is 5.50. The maximum atomic E-state index is 12.4. The lowest BCUT2D eigenvalue weighted by Gasteiger charge is -2.16. The summed E-state index contributed by atoms with van der Waals surface area (Å²) in [5.74, 6) is 2.02. The van der Waals surface area contributed by atoms with Gasteiger partial charge in [-0.15, -0.1) is 11.6 Å². The molecule has 0 saturated heterocycles. The summed E-state index contributed by atoms with van der Waals surface area (Å²) in [6, 6.07) is 9.41. The summed E-state index contributed by atoms with van der Waals surface area (Å²) in [5, 5.41) is 0. The van der Waals surface area contributed by atoms with Crippen LogP contribution in [0.3, 0.4) is 0 Å². The second-order valence-corrected chi connectivity index (χ2v) is 5.33. The molecule has 1 aromatic carbocycles. The fourth-order valence-electron chi connectivity index (χ4n) is 2.15. The van der Waals surface area contributed by atoms with Crippen LogP contribution >= 0.6 is 11.6 Å². The molecule has 0 radical (unpaired) electrons. The van der Waals surface area contributed by atoms with Crippen LogP contribution in [0, 0.1) is 6.92 Å². The van der Waals surface area contributed by atoms with Crippen molar-refractivity contribution in [2.75, 3.05) is 13.7 Å². The van der Waals surface area contributed by atoms with Crippen molar-refractivity contribution in [2.45, 2.75) is 26.3 Å². The van der Waals surface area contributed by atoms with Crippen molar-refractivity contribution < 1.29 is 13.9 Å². The average Bonchev–Trinajstić information content (AvgIpc) is 2.89. The summed E-state index contributed by atoms with van der Waals surface area (Å²) in [6.07, 6.45) is 0. The molecule has 0 fully saturated rings. The number of nitrogens with zero attached hydrogens (tertiary/aromatic N) is 1. The van der Waals surface area contributed by atoms with Crippen molar-refractivity contribution in [3.05, 3.63) is 53.0 Å². The van der Waals surface area contributed by atoms with Gasteiger partial charge in [-0.1, -0.05) is 12.1 Å². The minimum Gasteiger partial charge on any atom is -0.494 e. The number of rotatable bonds is 6. The Balaban J connectivity index is 2.04. The number of amides is 1. The van der Waals surface area contributed by atoms with Crippen LogP contribution in [-0.4, -0.2) is 24.5 Å². The molecular weight excluding hydrogens is 302 g/mol. The van der Waals surface area contributed by atoms with Crippen molar-refractivity contribution in [3.63, 3.8) is 0 Å². The Bertz CT molecular complexity index is 634. The van der Waals surface area contributed by atoms with Gasteiger partial charge in [0.1, 0.15) is 11.5 Å². The number of carbonyl (C=O) groups excluding carboxylic acids is 1. The Morgan fingerprint density at radius 1 is 1.32 bits per heavy atom. The lowest BCUT2D eigenvalue weighted by molar-refractivity contribution is 0.0752. The van der Waals surface area contributed by atoms with E-state index in [9.17, 15) is 4.79 Å². The SMILES string of the molecule is CCOc1ccc(CN(C)C(=O)c2cc(CCl)c(C)o2)cc1. The van der Waals surface area contributed by atoms with Gasteiger partial charge in [-0.05, 0) is 37.6 Å². The molecule has 0 N–H and O–H groups in total. The highest BCUT2D eigenvalue weighted by molar-refractivity contribution is 6.17. The first-order valence-electron chi connectivity index (χ1n) is 7.17. The number of alkyl halides is 1. The van der Waals surface area contributed by atoms with Gasteiger partial charge < -0.3 is 14.1 Å². The zero-order valence-electron chi connectivity index (χ0n) is 13.1. The highest BCUT2D eigenvalue weighted by atomic mass is 35.5. The number of halogens is 1. The number of carbonyl (C=O) groups is 1. The normalized spacial score (nSPS) is 10.5. The summed E-state index contributed by atoms with van der Waals surface area (Å²) >= 11 is 5.80. The Hall–Kier alpha value is -1.94. The molecule has 0 spiro atoms. The fraction of sp³-hybridized carbons (Fsp3) is 0.353. The minimum atomic E-state index is -0.159. The second kappa shape index (κ2) is 7.36. The summed E-state index contributed by atoms with van der Waals surface area (Å²) in [7, 11) is 1.75. The molecule has 22 heavy (non-hydrogen) atoms. The van der Waals surface area contributed by atoms with Crippen LogP contribution in [0.2, 0.25) is 0 Å². The van der Waals surface area contributed by atoms with Gasteiger partial charge in [0.15, 0.2) is 5.76 Å². The third kappa shape index (κ3) is 3.83. The van der Waals surface area contributed by atoms with Crippen molar-refractivity contribution >= 4 is 17.5 Å². The van der Waals surface area contributed by atoms with Gasteiger partial charge in [-0.25, -0.2) is 0 Å². The number of hydrogen-bond acceptors (Lipinski definition) is 3. The van der Waals surface area contributed by atoms with Crippen LogP contribution < -0.4 is 4.74 Å². The van der Waals surface area contributed by atoms with Gasteiger partial charge in [-0.2, -0.15) is 0 Å². The third-order valence-electron chi connectivity index (χ3n) is 3.38. The van der Waals surface area contributed by atoms with Gasteiger partial charge in [0.25, 0.3) is 5.91 Å². The molecule has 5 heteroatoms. The summed E-state index contributed by atoms with van der Waals surface area (Å²) in [4.78, 5) is 14.0. The molecule has 0 unspecified atom stereocenters. The number of benzene rings is 1. The molecule has 2 rings (SSSR count). The van der Waals surface area contributed by atoms with Crippen molar-refractivity contribution in [1.82, 2.24) is 4.90 Å². The molecule has 0 saturated carbocycles. The maximum Gasteiger partial charge on any atom is 0.289 e. The number of furan rings is 1. The number of aryl methyl sites for hydroxylation is 1. The van der Waals surface area contributed by atoms with Gasteiger partial charge in [-0.3, -0.25) is 4.79 Å². The molecule has 1 heterocycles. The zero-order valence-corrected chi connectivity index (χ0v) is 13.8. The summed E-state index contributed by atoms with van der Waals surface area (Å²) < 4.78 is 10.9. The summed E-state index contributed by atoms with van der Waals surface area (Å²) in [5.41, 5.74) is 1.87. The summed E-state index contributed by atoms with van der Waals surface area (Å²) in [6.45, 7) is 4.89. The average molecular weight is 322 g/mol. The van der Waals surface area contributed by atoms with Crippen LogP contribution in [-0.2, 0) is 12.4 Å². The van der Waals surface area contributed by atoms with Crippen molar-refractivity contribution in [1.29, 1.82) is 0 Å². The third-order valence-corrected chi connectivity index (χ3v) is 3.66. The second-order valence-electron chi connectivity index (χ2n) is 5.06. The first-order chi connectivity index (χ1) is 10.5. The highest BCUT2D eigenvalue weighted by Crippen LogP contribution is 2.19. The van der Waals surface area contributed by atoms with Crippen LogP contribution in [0.25, 0.3) is 0 Å². The minimum absolute atomic E-state index is 0.159. The van der Waals surface area contributed by atoms with E-state index >= 15 is 0 Å². The van der Waals surface area contributed by atoms with Crippen molar-refractivity contribution in [2.24, 2.45) is 0 Å². The molecule has 0 aliphatic heterocycles. The Morgan fingerprint density at radius 3 is 2.55 bits per heavy atom. The largest absolute Gasteiger partial charge is 0.494 e. The molecule has 0 aliphatic rings. The van der Waals surface area contributed by atoms with E-state index in [0.717, 1.165) is 16.9 Å². The fourth-order valence-corrected chi connectivity index (χ4v) is 2.41. The van der Waals surface area contributed by atoms with Crippen LogP contribution in [0.1, 0.15) is 34.4 Å². The number of hydrogen-bond donors (Lipinski definition) is 0. The van der Waals surface area contributed by atoms with E-state index in [0.29, 0.717) is 30.6 Å². The monoisotopic (exact) mass is 321 g/mol. The molecule has 1 amide bonds. The smallest absolute Gasteiger partial charge is 0.289 e. The van der Waals surface area contributed by atoms with E-state index in [4.69, 9.17) is 20.8 Å². The highest BCUT2D eigenvalue weighted by Gasteiger charge is 2.18. The Morgan fingerprint density at radius 2 is 2.00 bits per heavy atom. The lowest BCUT2D eigenvalue weighted by Crippen LogP contribution is -2.25. The van der Waals surface area contributed by atoms with E-state index in [2.05, 4.69) is 0 Å². The zero-order chi connectivity index (χ0) is 16.1. The lowest BCUT2D eigenvalue weighted by atomic mass is 10.2. The molecule has 1 aromatic heterocycles. The topological polar surface area (TPSA) is 42.7 Å². The molecule has 4 nitrogen and oxygen atoms in total. The van der Waals surface area contributed by atoms with Crippen LogP contribution in [0.15, 0.2) is 34.7 Å². The Labute approximate surface area is 135 Å². The van der Waals surface area contributed by atoms with E-state index in [1.165, 1.54) is 0 Å². The molecule has 0 aliphatic carbocycles. The number of ether oxygens (including phenoxy) is 1. The first kappa shape index (κ1) is 16.4. The van der Waals surface area contributed by atoms with Crippen LogP contribution in [0.5, 0.6) is 5.75 Å². The van der Waals surface area contributed by atoms with Gasteiger partial charge in [0.05, 0.1) is 12.5 Å². The van der Waals surface area contributed by atoms with E-state index in [-0.39, 0.29) is 5.91 Å². The predicted molar refractivity (Wildman–Crippen MR) is 86.4 cm³/mol. The standard InChI is InChI=1S/C17H20ClNO3/c1-4-21-15-7-5-13(6-8-15)11-19(3)17(20)16-9-14(10-18)12(2)22-16/h5-9H,4,10-11H2,1-3H3. The first-order valence-corrected chi connectivity index (χ1v) is 7.71. The quantitative estimate of drug-likeness (QED) is 0.755. The van der Waals surface area contributed by atoms with Crippen LogP contribution in [0.4, 0.5) is 0 Å². The van der Waals surface area contributed by atoms with Crippen molar-refractivity contribution in [3.8, 4) is 5.75 Å².